The van der Waals surface area contributed by atoms with E-state index in [1.54, 1.807) is 6.07 Å². The molecule has 0 radical (unpaired) electrons. The van der Waals surface area contributed by atoms with Crippen LogP contribution in [0.4, 0.5) is 0 Å². The van der Waals surface area contributed by atoms with Gasteiger partial charge < -0.3 is 14.7 Å². The van der Waals surface area contributed by atoms with Gasteiger partial charge in [-0.15, -0.1) is 0 Å². The summed E-state index contributed by atoms with van der Waals surface area (Å²) < 4.78 is 5.02. The van der Waals surface area contributed by atoms with E-state index in [2.05, 4.69) is 77.1 Å². The average Bonchev–Trinajstić information content (AvgIpc) is 3.07. The van der Waals surface area contributed by atoms with Gasteiger partial charge in [0.05, 0.1) is 12.6 Å². The van der Waals surface area contributed by atoms with Crippen molar-refractivity contribution in [1.29, 1.82) is 0 Å². The number of amides is 1. The summed E-state index contributed by atoms with van der Waals surface area (Å²) in [6.07, 6.45) is 3.40. The normalized spacial score (nSPS) is 20.2. The number of hydrogen-bond donors (Lipinski definition) is 1. The van der Waals surface area contributed by atoms with Gasteiger partial charge in [-0.1, -0.05) is 61.0 Å². The summed E-state index contributed by atoms with van der Waals surface area (Å²) in [5, 5.41) is 10.5. The molecule has 2 saturated heterocycles. The number of benzene rings is 3. The van der Waals surface area contributed by atoms with E-state index in [1.807, 2.05) is 36.1 Å². The summed E-state index contributed by atoms with van der Waals surface area (Å²) in [4.78, 5) is 34.9. The predicted molar refractivity (Wildman–Crippen MR) is 186 cm³/mol. The van der Waals surface area contributed by atoms with Crippen molar-refractivity contribution in [2.75, 3.05) is 52.4 Å². The minimum absolute atomic E-state index is 0.0738. The first-order chi connectivity index (χ1) is 22.8. The van der Waals surface area contributed by atoms with Crippen LogP contribution in [0.1, 0.15) is 79.5 Å². The molecular weight excluding hydrogens is 588 g/mol. The highest BCUT2D eigenvalue weighted by Gasteiger charge is 2.35. The number of hydrogen-bond acceptors (Lipinski definition) is 7. The van der Waals surface area contributed by atoms with E-state index in [0.29, 0.717) is 37.7 Å². The Morgan fingerprint density at radius 1 is 0.830 bits per heavy atom. The van der Waals surface area contributed by atoms with Crippen LogP contribution in [0.15, 0.2) is 78.9 Å². The Kier molecular flexibility index (Phi) is 12.4. The molecule has 2 aliphatic heterocycles. The smallest absolute Gasteiger partial charge is 0.305 e. The van der Waals surface area contributed by atoms with Gasteiger partial charge in [0.2, 0.25) is 0 Å². The number of carbonyl (C=O) groups excluding carboxylic acids is 2. The molecule has 3 aromatic rings. The molecule has 0 spiro atoms. The minimum Gasteiger partial charge on any atom is -0.508 e. The van der Waals surface area contributed by atoms with E-state index >= 15 is 0 Å². The number of rotatable bonds is 13. The highest BCUT2D eigenvalue weighted by molar-refractivity contribution is 5.94. The Hall–Kier alpha value is -3.72. The van der Waals surface area contributed by atoms with Crippen LogP contribution in [-0.4, -0.2) is 101 Å². The second-order valence-corrected chi connectivity index (χ2v) is 13.2. The molecule has 3 atom stereocenters. The molecule has 3 aromatic carbocycles. The molecule has 0 aromatic heterocycles. The zero-order valence-electron chi connectivity index (χ0n) is 28.4. The molecule has 1 amide bonds. The summed E-state index contributed by atoms with van der Waals surface area (Å²) in [6, 6.07) is 26.9. The fourth-order valence-corrected chi connectivity index (χ4v) is 7.11. The van der Waals surface area contributed by atoms with E-state index in [1.165, 1.54) is 5.56 Å². The Bertz CT molecular complexity index is 1440. The quantitative estimate of drug-likeness (QED) is 0.183. The number of ether oxygens (including phenoxy) is 1. The highest BCUT2D eigenvalue weighted by atomic mass is 16.5. The number of phenolic OH excluding ortho intramolecular Hbond substituents is 1. The van der Waals surface area contributed by atoms with Gasteiger partial charge in [-0.3, -0.25) is 24.3 Å². The molecular formula is C39H52N4O4. The fourth-order valence-electron chi connectivity index (χ4n) is 7.11. The SMILES string of the molecule is CCOC(=O)CCCCCN1CCN(C(=O)c2cccc(C(c3cccc(O)c3)N3C[C@@H](C)N(Cc4ccccc4)C[C@@H]3C)c2)CC1. The Morgan fingerprint density at radius 2 is 1.55 bits per heavy atom. The van der Waals surface area contributed by atoms with Gasteiger partial charge in [-0.25, -0.2) is 0 Å². The molecule has 2 aliphatic rings. The van der Waals surface area contributed by atoms with Crippen molar-refractivity contribution < 1.29 is 19.4 Å². The monoisotopic (exact) mass is 640 g/mol. The fraction of sp³-hybridized carbons (Fsp3) is 0.487. The number of piperazine rings is 2. The Labute approximate surface area is 280 Å². The molecule has 2 heterocycles. The zero-order valence-corrected chi connectivity index (χ0v) is 28.4. The first kappa shape index (κ1) is 34.6. The molecule has 252 valence electrons. The first-order valence-corrected chi connectivity index (χ1v) is 17.4. The van der Waals surface area contributed by atoms with Gasteiger partial charge in [0.1, 0.15) is 5.75 Å². The van der Waals surface area contributed by atoms with Crippen molar-refractivity contribution in [1.82, 2.24) is 19.6 Å². The van der Waals surface area contributed by atoms with Crippen LogP contribution in [0.5, 0.6) is 5.75 Å². The van der Waals surface area contributed by atoms with Gasteiger partial charge in [-0.05, 0) is 81.1 Å². The summed E-state index contributed by atoms with van der Waals surface area (Å²) in [5.74, 6) is 0.215. The Morgan fingerprint density at radius 3 is 2.28 bits per heavy atom. The standard InChI is InChI=1S/C39H52N4O4/c1-4-47-37(45)19-9-6-10-20-40-21-23-41(24-22-40)39(46)35-17-11-15-33(25-35)38(34-16-12-18-36(44)26-34)43-28-30(2)42(27-31(43)3)29-32-13-7-5-8-14-32/h5,7-8,11-18,25-26,30-31,38,44H,4,6,9-10,19-24,27-29H2,1-3H3/t30-,31+,38?/m1/s1. The van der Waals surface area contributed by atoms with Crippen LogP contribution >= 0.6 is 0 Å². The Balaban J connectivity index is 1.24. The zero-order chi connectivity index (χ0) is 33.2. The molecule has 0 aliphatic carbocycles. The van der Waals surface area contributed by atoms with Crippen LogP contribution in [0.3, 0.4) is 0 Å². The third-order valence-electron chi connectivity index (χ3n) is 9.68. The third kappa shape index (κ3) is 9.43. The van der Waals surface area contributed by atoms with E-state index < -0.39 is 0 Å². The molecule has 1 unspecified atom stereocenters. The number of nitrogens with zero attached hydrogens (tertiary/aromatic N) is 4. The lowest BCUT2D eigenvalue weighted by atomic mass is 9.92. The van der Waals surface area contributed by atoms with Gasteiger partial charge >= 0.3 is 5.97 Å². The highest BCUT2D eigenvalue weighted by Crippen LogP contribution is 2.35. The van der Waals surface area contributed by atoms with E-state index in [9.17, 15) is 14.7 Å². The van der Waals surface area contributed by atoms with Gasteiger partial charge in [0, 0.05) is 69.9 Å². The van der Waals surface area contributed by atoms with Gasteiger partial charge in [0.25, 0.3) is 5.91 Å². The largest absolute Gasteiger partial charge is 0.508 e. The summed E-state index contributed by atoms with van der Waals surface area (Å²) in [5.41, 5.74) is 4.13. The lowest BCUT2D eigenvalue weighted by Crippen LogP contribution is -2.56. The van der Waals surface area contributed by atoms with Crippen molar-refractivity contribution >= 4 is 11.9 Å². The van der Waals surface area contributed by atoms with Gasteiger partial charge in [-0.2, -0.15) is 0 Å². The maximum absolute atomic E-state index is 13.8. The second-order valence-electron chi connectivity index (χ2n) is 13.2. The lowest BCUT2D eigenvalue weighted by Gasteiger charge is -2.47. The van der Waals surface area contributed by atoms with Crippen LogP contribution in [0.2, 0.25) is 0 Å². The van der Waals surface area contributed by atoms with Crippen LogP contribution in [0.25, 0.3) is 0 Å². The average molecular weight is 641 g/mol. The molecule has 0 saturated carbocycles. The third-order valence-corrected chi connectivity index (χ3v) is 9.68. The first-order valence-electron chi connectivity index (χ1n) is 17.4. The van der Waals surface area contributed by atoms with Crippen molar-refractivity contribution in [3.05, 3.63) is 101 Å². The van der Waals surface area contributed by atoms with E-state index in [4.69, 9.17) is 4.74 Å². The van der Waals surface area contributed by atoms with E-state index in [0.717, 1.165) is 69.7 Å². The van der Waals surface area contributed by atoms with Gasteiger partial charge in [0.15, 0.2) is 0 Å². The predicted octanol–water partition coefficient (Wildman–Crippen LogP) is 5.96. The van der Waals surface area contributed by atoms with Crippen molar-refractivity contribution in [3.8, 4) is 5.75 Å². The number of carbonyl (C=O) groups is 2. The number of esters is 1. The van der Waals surface area contributed by atoms with Crippen LogP contribution in [0, 0.1) is 0 Å². The van der Waals surface area contributed by atoms with Crippen molar-refractivity contribution in [2.45, 2.75) is 71.1 Å². The van der Waals surface area contributed by atoms with E-state index in [-0.39, 0.29) is 29.7 Å². The summed E-state index contributed by atoms with van der Waals surface area (Å²) in [6.45, 7) is 13.7. The molecule has 0 bridgehead atoms. The maximum atomic E-state index is 13.8. The minimum atomic E-state index is -0.109. The second kappa shape index (κ2) is 16.9. The van der Waals surface area contributed by atoms with Crippen molar-refractivity contribution in [3.63, 3.8) is 0 Å². The van der Waals surface area contributed by atoms with Crippen molar-refractivity contribution in [2.24, 2.45) is 0 Å². The molecule has 2 fully saturated rings. The number of phenols is 1. The van der Waals surface area contributed by atoms with Crippen LogP contribution in [-0.2, 0) is 16.1 Å². The molecule has 47 heavy (non-hydrogen) atoms. The summed E-state index contributed by atoms with van der Waals surface area (Å²) >= 11 is 0. The lowest BCUT2D eigenvalue weighted by molar-refractivity contribution is -0.143. The maximum Gasteiger partial charge on any atom is 0.305 e. The molecule has 8 heteroatoms. The van der Waals surface area contributed by atoms with Crippen LogP contribution < -0.4 is 0 Å². The molecule has 8 nitrogen and oxygen atoms in total. The number of aromatic hydroxyl groups is 1. The molecule has 1 N–H and O–H groups in total. The topological polar surface area (TPSA) is 76.6 Å². The summed E-state index contributed by atoms with van der Waals surface area (Å²) in [7, 11) is 0. The number of unbranched alkanes of at least 4 members (excludes halogenated alkanes) is 2. The molecule has 5 rings (SSSR count).